The first-order valence-electron chi connectivity index (χ1n) is 12.1. The summed E-state index contributed by atoms with van der Waals surface area (Å²) in [7, 11) is 5.38. The number of aldehydes is 1. The van der Waals surface area contributed by atoms with Crippen molar-refractivity contribution in [3.8, 4) is 11.3 Å². The Bertz CT molecular complexity index is 1320. The number of rotatable bonds is 4. The third-order valence-electron chi connectivity index (χ3n) is 5.99. The molecule has 0 saturated carbocycles. The smallest absolute Gasteiger partial charge is 0.372 e. The average molecular weight is 549 g/mol. The first-order valence-corrected chi connectivity index (χ1v) is 12.1. The SMILES string of the molecule is CC(=Nc1c(C=O)cc(N2CCOC(C)(C)C2)nc1-c1ccc(C(F)(F)F)cc1F)N(C)C.Cn1cccn1. The van der Waals surface area contributed by atoms with E-state index < -0.39 is 23.2 Å². The molecule has 0 atom stereocenters. The zero-order valence-electron chi connectivity index (χ0n) is 22.8. The number of aryl methyl sites for hydroxylation is 1. The second-order valence-corrected chi connectivity index (χ2v) is 9.84. The number of carbonyl (C=O) groups excluding carboxylic acids is 1. The van der Waals surface area contributed by atoms with E-state index in [1.807, 2.05) is 38.1 Å². The highest BCUT2D eigenvalue weighted by atomic mass is 19.4. The number of aromatic nitrogens is 3. The zero-order chi connectivity index (χ0) is 29.0. The number of benzene rings is 1. The van der Waals surface area contributed by atoms with Crippen LogP contribution in [0.25, 0.3) is 11.3 Å². The predicted octanol–water partition coefficient (Wildman–Crippen LogP) is 5.37. The molecular formula is C27H32F4N6O2. The lowest BCUT2D eigenvalue weighted by atomic mass is 10.0. The summed E-state index contributed by atoms with van der Waals surface area (Å²) in [5.41, 5.74) is -1.53. The Kier molecular flexibility index (Phi) is 9.10. The van der Waals surface area contributed by atoms with Crippen molar-refractivity contribution in [2.45, 2.75) is 32.5 Å². The maximum Gasteiger partial charge on any atom is 0.416 e. The molecule has 12 heteroatoms. The van der Waals surface area contributed by atoms with Gasteiger partial charge in [-0.15, -0.1) is 0 Å². The molecule has 1 saturated heterocycles. The van der Waals surface area contributed by atoms with E-state index in [9.17, 15) is 22.4 Å². The van der Waals surface area contributed by atoms with Crippen LogP contribution in [0.4, 0.5) is 29.1 Å². The van der Waals surface area contributed by atoms with Crippen molar-refractivity contribution >= 4 is 23.6 Å². The van der Waals surface area contributed by atoms with E-state index in [1.54, 1.807) is 42.9 Å². The molecule has 39 heavy (non-hydrogen) atoms. The minimum Gasteiger partial charge on any atom is -0.372 e. The Morgan fingerprint density at radius 2 is 1.95 bits per heavy atom. The molecule has 210 valence electrons. The Morgan fingerprint density at radius 3 is 2.44 bits per heavy atom. The van der Waals surface area contributed by atoms with E-state index in [4.69, 9.17) is 4.74 Å². The van der Waals surface area contributed by atoms with E-state index in [1.165, 1.54) is 0 Å². The molecule has 2 aromatic heterocycles. The van der Waals surface area contributed by atoms with Gasteiger partial charge in [0.05, 0.1) is 17.8 Å². The van der Waals surface area contributed by atoms with Crippen molar-refractivity contribution in [3.05, 3.63) is 59.7 Å². The molecule has 0 spiro atoms. The molecule has 1 aromatic carbocycles. The lowest BCUT2D eigenvalue weighted by molar-refractivity contribution is -0.137. The number of hydrogen-bond donors (Lipinski definition) is 0. The van der Waals surface area contributed by atoms with E-state index in [2.05, 4.69) is 15.1 Å². The van der Waals surface area contributed by atoms with Crippen molar-refractivity contribution < 1.29 is 27.1 Å². The van der Waals surface area contributed by atoms with E-state index >= 15 is 0 Å². The van der Waals surface area contributed by atoms with Gasteiger partial charge < -0.3 is 14.5 Å². The number of alkyl halides is 3. The minimum atomic E-state index is -4.69. The Labute approximate surface area is 224 Å². The van der Waals surface area contributed by atoms with Gasteiger partial charge >= 0.3 is 6.18 Å². The summed E-state index contributed by atoms with van der Waals surface area (Å²) < 4.78 is 61.6. The number of hydrogen-bond acceptors (Lipinski definition) is 6. The molecular weight excluding hydrogens is 516 g/mol. The Morgan fingerprint density at radius 1 is 1.23 bits per heavy atom. The van der Waals surface area contributed by atoms with Gasteiger partial charge in [0, 0.05) is 57.8 Å². The normalized spacial score (nSPS) is 15.4. The second-order valence-electron chi connectivity index (χ2n) is 9.84. The van der Waals surface area contributed by atoms with Gasteiger partial charge in [-0.25, -0.2) is 14.4 Å². The number of ether oxygens (including phenoxy) is 1. The molecule has 3 heterocycles. The lowest BCUT2D eigenvalue weighted by Gasteiger charge is -2.39. The molecule has 0 aliphatic carbocycles. The van der Waals surface area contributed by atoms with Crippen LogP contribution in [0, 0.1) is 5.82 Å². The van der Waals surface area contributed by atoms with Gasteiger partial charge in [0.1, 0.15) is 28.9 Å². The van der Waals surface area contributed by atoms with Crippen molar-refractivity contribution in [1.29, 1.82) is 0 Å². The lowest BCUT2D eigenvalue weighted by Crippen LogP contribution is -2.48. The molecule has 4 rings (SSSR count). The molecule has 1 fully saturated rings. The number of halogens is 4. The van der Waals surface area contributed by atoms with E-state index in [0.717, 1.165) is 12.1 Å². The van der Waals surface area contributed by atoms with Crippen LogP contribution in [0.2, 0.25) is 0 Å². The summed E-state index contributed by atoms with van der Waals surface area (Å²) in [5.74, 6) is -0.203. The summed E-state index contributed by atoms with van der Waals surface area (Å²) in [5, 5.41) is 3.83. The van der Waals surface area contributed by atoms with Crippen LogP contribution in [0.3, 0.4) is 0 Å². The number of morpholine rings is 1. The summed E-state index contributed by atoms with van der Waals surface area (Å²) in [6.45, 7) is 6.90. The monoisotopic (exact) mass is 548 g/mol. The van der Waals surface area contributed by atoms with Crippen molar-refractivity contribution in [2.75, 3.05) is 38.7 Å². The predicted molar refractivity (Wildman–Crippen MR) is 142 cm³/mol. The van der Waals surface area contributed by atoms with Gasteiger partial charge in [0.15, 0.2) is 6.29 Å². The summed E-state index contributed by atoms with van der Waals surface area (Å²) in [6.07, 6.45) is -0.464. The van der Waals surface area contributed by atoms with Gasteiger partial charge in [-0.05, 0) is 51.1 Å². The third-order valence-corrected chi connectivity index (χ3v) is 5.99. The van der Waals surface area contributed by atoms with E-state index in [0.29, 0.717) is 43.7 Å². The van der Waals surface area contributed by atoms with Crippen LogP contribution in [-0.2, 0) is 18.0 Å². The molecule has 3 aromatic rings. The molecule has 0 radical (unpaired) electrons. The number of pyridine rings is 1. The fourth-order valence-electron chi connectivity index (χ4n) is 3.80. The topological polar surface area (TPSA) is 75.9 Å². The summed E-state index contributed by atoms with van der Waals surface area (Å²) >= 11 is 0. The van der Waals surface area contributed by atoms with Crippen molar-refractivity contribution in [1.82, 2.24) is 19.7 Å². The van der Waals surface area contributed by atoms with Gasteiger partial charge in [-0.1, -0.05) is 0 Å². The van der Waals surface area contributed by atoms with Crippen molar-refractivity contribution in [3.63, 3.8) is 0 Å². The maximum atomic E-state index is 15.0. The molecule has 0 unspecified atom stereocenters. The quantitative estimate of drug-likeness (QED) is 0.189. The molecule has 8 nitrogen and oxygen atoms in total. The fourth-order valence-corrected chi connectivity index (χ4v) is 3.80. The molecule has 1 aliphatic rings. The second kappa shape index (κ2) is 11.9. The van der Waals surface area contributed by atoms with Crippen LogP contribution < -0.4 is 4.90 Å². The number of anilines is 1. The number of carbonyl (C=O) groups is 1. The summed E-state index contributed by atoms with van der Waals surface area (Å²) in [6, 6.07) is 5.68. The van der Waals surface area contributed by atoms with Gasteiger partial charge in [0.2, 0.25) is 0 Å². The standard InChI is InChI=1S/C23H26F4N4O2.C4H6N2/c1-14(30(4)5)28-20-15(12-32)10-19(31-8-9-33-22(2,3)13-31)29-21(20)17-7-6-16(11-18(17)24)23(25,26)27;1-6-4-2-3-5-6/h6-7,10-12H,8-9,13H2,1-5H3;2-4H,1H3. The van der Waals surface area contributed by atoms with Gasteiger partial charge in [-0.3, -0.25) is 9.48 Å². The van der Waals surface area contributed by atoms with Gasteiger partial charge in [-0.2, -0.15) is 18.3 Å². The van der Waals surface area contributed by atoms with Crippen LogP contribution in [0.5, 0.6) is 0 Å². The number of aliphatic imine (C=N–C) groups is 1. The minimum absolute atomic E-state index is 0.00803. The van der Waals surface area contributed by atoms with Crippen LogP contribution in [0.1, 0.15) is 36.7 Å². The van der Waals surface area contributed by atoms with Crippen LogP contribution in [-0.4, -0.2) is 71.2 Å². The molecule has 1 aliphatic heterocycles. The third kappa shape index (κ3) is 7.62. The molecule has 0 bridgehead atoms. The average Bonchev–Trinajstić information content (AvgIpc) is 3.34. The Balaban J connectivity index is 0.000000617. The largest absolute Gasteiger partial charge is 0.416 e. The highest BCUT2D eigenvalue weighted by molar-refractivity contribution is 5.95. The zero-order valence-corrected chi connectivity index (χ0v) is 22.8. The van der Waals surface area contributed by atoms with Crippen LogP contribution in [0.15, 0.2) is 47.7 Å². The fraction of sp³-hybridized carbons (Fsp3) is 0.407. The van der Waals surface area contributed by atoms with E-state index in [-0.39, 0.29) is 22.5 Å². The van der Waals surface area contributed by atoms with Crippen LogP contribution >= 0.6 is 0 Å². The highest BCUT2D eigenvalue weighted by Crippen LogP contribution is 2.38. The first-order chi connectivity index (χ1) is 18.2. The maximum absolute atomic E-state index is 15.0. The number of nitrogens with zero attached hydrogens (tertiary/aromatic N) is 6. The molecule has 0 amide bonds. The van der Waals surface area contributed by atoms with Crippen molar-refractivity contribution in [2.24, 2.45) is 12.0 Å². The summed E-state index contributed by atoms with van der Waals surface area (Å²) in [4.78, 5) is 24.6. The van der Waals surface area contributed by atoms with Gasteiger partial charge in [0.25, 0.3) is 0 Å². The number of amidine groups is 1. The first kappa shape index (κ1) is 29.8. The molecule has 0 N–H and O–H groups in total. The Hall–Kier alpha value is -3.80. The highest BCUT2D eigenvalue weighted by Gasteiger charge is 2.32.